The zero-order valence-electron chi connectivity index (χ0n) is 31.8. The first kappa shape index (κ1) is 37.5. The first-order valence-electron chi connectivity index (χ1n) is 18.7. The number of aromatic nitrogens is 3. The molecule has 3 aliphatic rings. The minimum Gasteiger partial charge on any atom is -0.464 e. The number of amides is 2. The molecule has 6 bridgehead atoms. The zero-order chi connectivity index (χ0) is 38.5. The minimum absolute atomic E-state index is 0.111. The van der Waals surface area contributed by atoms with E-state index in [0.29, 0.717) is 37.4 Å². The van der Waals surface area contributed by atoms with Crippen molar-refractivity contribution in [3.05, 3.63) is 58.2 Å². The molecule has 6 atom stereocenters. The maximum atomic E-state index is 14.3. The Morgan fingerprint density at radius 2 is 2.09 bits per heavy atom. The molecular formula is C41H48N7O5S+. The van der Waals surface area contributed by atoms with E-state index in [0.717, 1.165) is 44.7 Å². The molecule has 7 rings (SSSR count). The van der Waals surface area contributed by atoms with Crippen LogP contribution in [-0.4, -0.2) is 81.0 Å². The van der Waals surface area contributed by atoms with Crippen molar-refractivity contribution in [3.63, 3.8) is 0 Å². The van der Waals surface area contributed by atoms with Crippen molar-refractivity contribution < 1.29 is 28.4 Å². The number of cyclic esters (lactones) is 1. The lowest BCUT2D eigenvalue weighted by Crippen LogP contribution is -2.59. The fourth-order valence-electron chi connectivity index (χ4n) is 8.06. The summed E-state index contributed by atoms with van der Waals surface area (Å²) >= 11 is 1.43. The summed E-state index contributed by atoms with van der Waals surface area (Å²) in [6.07, 6.45) is 3.36. The SMILES string of the molecule is C=[N+](C(=O)[C@@H]1[C@@H](C)[C@H]1C#N)[C@H]1Cc2nc(cs2)-c2ccc3c(c2)c(c(-c2cccnc2[C@H](C)OC)n3CC)CC(C)(C)COC(=O)[C@@H]2CCCN(N2)C1=O. The van der Waals surface area contributed by atoms with Crippen molar-refractivity contribution in [3.8, 4) is 28.6 Å². The van der Waals surface area contributed by atoms with Crippen LogP contribution in [0.3, 0.4) is 0 Å². The predicted molar refractivity (Wildman–Crippen MR) is 205 cm³/mol. The summed E-state index contributed by atoms with van der Waals surface area (Å²) in [6, 6.07) is 10.9. The van der Waals surface area contributed by atoms with Crippen LogP contribution >= 0.6 is 11.3 Å². The summed E-state index contributed by atoms with van der Waals surface area (Å²) in [5.74, 6) is -2.19. The van der Waals surface area contributed by atoms with Gasteiger partial charge in [0.25, 0.3) is 0 Å². The maximum Gasteiger partial charge on any atom is 0.391 e. The van der Waals surface area contributed by atoms with E-state index in [1.165, 1.54) is 20.9 Å². The molecule has 1 saturated heterocycles. The van der Waals surface area contributed by atoms with E-state index in [-0.39, 0.29) is 36.9 Å². The summed E-state index contributed by atoms with van der Waals surface area (Å²) in [7, 11) is 1.69. The lowest BCUT2D eigenvalue weighted by molar-refractivity contribution is -0.471. The summed E-state index contributed by atoms with van der Waals surface area (Å²) < 4.78 is 15.4. The van der Waals surface area contributed by atoms with Gasteiger partial charge in [-0.15, -0.1) is 11.3 Å². The van der Waals surface area contributed by atoms with Gasteiger partial charge in [-0.2, -0.15) is 9.84 Å². The highest BCUT2D eigenvalue weighted by molar-refractivity contribution is 7.10. The van der Waals surface area contributed by atoms with Gasteiger partial charge in [-0.25, -0.2) is 15.2 Å². The fraction of sp³-hybridized carbons (Fsp3) is 0.488. The third-order valence-electron chi connectivity index (χ3n) is 11.3. The largest absolute Gasteiger partial charge is 0.464 e. The molecule has 5 heterocycles. The summed E-state index contributed by atoms with van der Waals surface area (Å²) in [6.45, 7) is 15.5. The van der Waals surface area contributed by atoms with Crippen molar-refractivity contribution in [2.45, 2.75) is 85.0 Å². The normalized spacial score (nSPS) is 24.7. The number of nitrogens with zero attached hydrogens (tertiary/aromatic N) is 6. The molecule has 54 heavy (non-hydrogen) atoms. The van der Waals surface area contributed by atoms with E-state index in [9.17, 15) is 19.6 Å². The molecule has 3 aromatic heterocycles. The van der Waals surface area contributed by atoms with Crippen molar-refractivity contribution >= 4 is 46.7 Å². The van der Waals surface area contributed by atoms with Crippen LogP contribution in [0.4, 0.5) is 0 Å². The van der Waals surface area contributed by atoms with Gasteiger partial charge in [0.15, 0.2) is 0 Å². The number of rotatable bonds is 6. The summed E-state index contributed by atoms with van der Waals surface area (Å²) in [4.78, 5) is 51.4. The second kappa shape index (κ2) is 14.8. The third-order valence-corrected chi connectivity index (χ3v) is 12.2. The highest BCUT2D eigenvalue weighted by Gasteiger charge is 2.58. The van der Waals surface area contributed by atoms with E-state index >= 15 is 0 Å². The number of ether oxygens (including phenoxy) is 2. The average Bonchev–Trinajstić information content (AvgIpc) is 3.46. The Hall–Kier alpha value is -4.77. The Balaban J connectivity index is 1.36. The predicted octanol–water partition coefficient (Wildman–Crippen LogP) is 5.73. The number of fused-ring (bicyclic) bond motifs is 6. The van der Waals surface area contributed by atoms with E-state index in [1.807, 2.05) is 25.3 Å². The van der Waals surface area contributed by atoms with Crippen LogP contribution in [0.1, 0.15) is 69.8 Å². The van der Waals surface area contributed by atoms with Crippen molar-refractivity contribution in [1.82, 2.24) is 25.0 Å². The Morgan fingerprint density at radius 3 is 2.81 bits per heavy atom. The standard InChI is InChI=1S/C41H48N7O5S/c1-8-47-32-14-13-25-17-27(32)28(37(47)26-11-9-15-43-36(26)24(3)52-7)19-41(4,5)22-53-40(51)30-12-10-16-48(45-30)38(49)33(18-34-44-31(25)21-54-34)46(6)39(50)35-23(2)29(35)20-42/h9,11,13-15,17,21,23-24,29-30,33,35,45H,6,8,10,12,16,18-19,22H2,1-5,7H3/q+1/t23-,24-,29+,30-,33-,35+/m0/s1. The molecule has 2 aliphatic heterocycles. The number of nitriles is 1. The Kier molecular flexibility index (Phi) is 10.3. The van der Waals surface area contributed by atoms with Gasteiger partial charge >= 0.3 is 17.8 Å². The van der Waals surface area contributed by atoms with Crippen LogP contribution in [0, 0.1) is 34.5 Å². The zero-order valence-corrected chi connectivity index (χ0v) is 32.6. The van der Waals surface area contributed by atoms with Gasteiger partial charge in [-0.1, -0.05) is 26.8 Å². The maximum absolute atomic E-state index is 14.3. The number of aryl methyl sites for hydroxylation is 1. The second-order valence-corrected chi connectivity index (χ2v) is 16.5. The molecule has 12 nitrogen and oxygen atoms in total. The monoisotopic (exact) mass is 750 g/mol. The van der Waals surface area contributed by atoms with Crippen LogP contribution in [0.25, 0.3) is 33.4 Å². The van der Waals surface area contributed by atoms with Crippen molar-refractivity contribution in [2.75, 3.05) is 20.3 Å². The quantitative estimate of drug-likeness (QED) is 0.149. The Labute approximate surface area is 319 Å². The molecule has 1 N–H and O–H groups in total. The number of hydrazine groups is 1. The van der Waals surface area contributed by atoms with Gasteiger partial charge in [-0.3, -0.25) is 19.6 Å². The number of methoxy groups -OCH3 is 1. The molecule has 2 amide bonds. The highest BCUT2D eigenvalue weighted by atomic mass is 32.1. The number of carbonyl (C=O) groups excluding carboxylic acids is 3. The van der Waals surface area contributed by atoms with Crippen molar-refractivity contribution in [2.24, 2.45) is 23.2 Å². The van der Waals surface area contributed by atoms with Gasteiger partial charge in [0.05, 0.1) is 48.2 Å². The molecule has 13 heteroatoms. The number of pyridine rings is 1. The molecule has 0 spiro atoms. The Morgan fingerprint density at radius 1 is 1.30 bits per heavy atom. The second-order valence-electron chi connectivity index (χ2n) is 15.6. The van der Waals surface area contributed by atoms with E-state index in [4.69, 9.17) is 19.4 Å². The topological polar surface area (TPSA) is 142 Å². The van der Waals surface area contributed by atoms with Gasteiger partial charge in [0.1, 0.15) is 23.7 Å². The van der Waals surface area contributed by atoms with Crippen LogP contribution in [-0.2, 0) is 43.2 Å². The fourth-order valence-corrected chi connectivity index (χ4v) is 8.90. The minimum atomic E-state index is -0.998. The van der Waals surface area contributed by atoms with Crippen LogP contribution in [0.15, 0.2) is 41.9 Å². The molecule has 1 aliphatic carbocycles. The molecule has 282 valence electrons. The number of carbonyl (C=O) groups is 3. The van der Waals surface area contributed by atoms with Gasteiger partial charge in [-0.05, 0) is 68.9 Å². The van der Waals surface area contributed by atoms with Gasteiger partial charge < -0.3 is 14.0 Å². The lowest BCUT2D eigenvalue weighted by atomic mass is 9.84. The first-order chi connectivity index (χ1) is 25.9. The lowest BCUT2D eigenvalue weighted by Gasteiger charge is -2.34. The molecular weight excluding hydrogens is 703 g/mol. The smallest absolute Gasteiger partial charge is 0.391 e. The molecule has 1 aromatic carbocycles. The van der Waals surface area contributed by atoms with Gasteiger partial charge in [0, 0.05) is 59.2 Å². The first-order valence-corrected chi connectivity index (χ1v) is 19.6. The summed E-state index contributed by atoms with van der Waals surface area (Å²) in [5, 5.41) is 14.7. The number of nitrogens with one attached hydrogen (secondary N) is 1. The Bertz CT molecular complexity index is 2180. The van der Waals surface area contributed by atoms with Crippen molar-refractivity contribution in [1.29, 1.82) is 5.26 Å². The number of hydrogen-bond acceptors (Lipinski definition) is 10. The van der Waals surface area contributed by atoms with E-state index in [1.54, 1.807) is 13.3 Å². The summed E-state index contributed by atoms with van der Waals surface area (Å²) in [5.41, 5.74) is 9.40. The van der Waals surface area contributed by atoms with Gasteiger partial charge in [0.2, 0.25) is 6.04 Å². The number of hydrogen-bond donors (Lipinski definition) is 1. The molecule has 0 radical (unpaired) electrons. The van der Waals surface area contributed by atoms with E-state index < -0.39 is 35.3 Å². The number of thiazole rings is 1. The molecule has 2 fully saturated rings. The molecule has 1 saturated carbocycles. The van der Waals surface area contributed by atoms with E-state index in [2.05, 4.69) is 67.8 Å². The van der Waals surface area contributed by atoms with Crippen LogP contribution in [0.2, 0.25) is 0 Å². The average molecular weight is 751 g/mol. The molecule has 0 unspecified atom stereocenters. The van der Waals surface area contributed by atoms with Crippen LogP contribution in [0.5, 0.6) is 0 Å². The third kappa shape index (κ3) is 6.87. The number of esters is 1. The van der Waals surface area contributed by atoms with Crippen LogP contribution < -0.4 is 5.43 Å². The highest BCUT2D eigenvalue weighted by Crippen LogP contribution is 2.46. The number of benzene rings is 1. The molecule has 4 aromatic rings.